The summed E-state index contributed by atoms with van der Waals surface area (Å²) in [6, 6.07) is 7.96. The number of carbonyl (C=O) groups excluding carboxylic acids is 1. The zero-order valence-electron chi connectivity index (χ0n) is 9.81. The summed E-state index contributed by atoms with van der Waals surface area (Å²) in [7, 11) is 1.36. The lowest BCUT2D eigenvalue weighted by Crippen LogP contribution is -1.93. The molecule has 0 aliphatic heterocycles. The number of ether oxygens (including phenoxy) is 1. The van der Waals surface area contributed by atoms with Gasteiger partial charge in [0.25, 0.3) is 0 Å². The molecule has 0 N–H and O–H groups in total. The quantitative estimate of drug-likeness (QED) is 0.585. The average Bonchev–Trinajstić information content (AvgIpc) is 2.35. The van der Waals surface area contributed by atoms with Crippen molar-refractivity contribution < 1.29 is 9.53 Å². The van der Waals surface area contributed by atoms with E-state index in [0.717, 1.165) is 22.0 Å². The van der Waals surface area contributed by atoms with E-state index in [-0.39, 0.29) is 5.97 Å². The molecule has 0 aliphatic carbocycles. The fourth-order valence-electron chi connectivity index (χ4n) is 1.58. The molecule has 0 bridgehead atoms. The second kappa shape index (κ2) is 4.78. The van der Waals surface area contributed by atoms with Gasteiger partial charge in [0.05, 0.1) is 12.6 Å². The summed E-state index contributed by atoms with van der Waals surface area (Å²) in [5, 5.41) is 1.10. The summed E-state index contributed by atoms with van der Waals surface area (Å²) in [5.41, 5.74) is 2.98. The van der Waals surface area contributed by atoms with Crippen LogP contribution in [-0.4, -0.2) is 18.1 Å². The third kappa shape index (κ3) is 2.69. The Morgan fingerprint density at radius 2 is 2.18 bits per heavy atom. The van der Waals surface area contributed by atoms with Gasteiger partial charge in [-0.3, -0.25) is 4.98 Å². The molecule has 2 rings (SSSR count). The lowest BCUT2D eigenvalue weighted by molar-refractivity contribution is -0.134. The van der Waals surface area contributed by atoms with Gasteiger partial charge in [-0.05, 0) is 36.3 Å². The molecule has 0 aliphatic rings. The number of methoxy groups -OCH3 is 1. The van der Waals surface area contributed by atoms with Crippen LogP contribution < -0.4 is 0 Å². The van der Waals surface area contributed by atoms with Crippen LogP contribution in [0.2, 0.25) is 0 Å². The minimum absolute atomic E-state index is 0.359. The van der Waals surface area contributed by atoms with Gasteiger partial charge in [0, 0.05) is 17.7 Å². The smallest absolute Gasteiger partial charge is 0.330 e. The number of benzene rings is 1. The van der Waals surface area contributed by atoms with E-state index in [2.05, 4.69) is 15.8 Å². The standard InChI is InChI=1S/C14H13NO2/c1-10-7-12-5-3-11(4-6-14(16)17-2)8-13(12)15-9-10/h3-9H,1-2H3/b6-4+. The Hall–Kier alpha value is -2.16. The molecule has 1 aromatic heterocycles. The molecule has 0 saturated heterocycles. The van der Waals surface area contributed by atoms with Crippen LogP contribution in [0.1, 0.15) is 11.1 Å². The number of aryl methyl sites for hydroxylation is 1. The number of aromatic nitrogens is 1. The first-order chi connectivity index (χ1) is 8.19. The molecule has 2 aromatic rings. The second-order valence-electron chi connectivity index (χ2n) is 3.82. The number of carbonyl (C=O) groups is 1. The van der Waals surface area contributed by atoms with Crippen LogP contribution in [0.5, 0.6) is 0 Å². The SMILES string of the molecule is COC(=O)/C=C/c1ccc2cc(C)cnc2c1. The van der Waals surface area contributed by atoms with Gasteiger partial charge in [-0.25, -0.2) is 4.79 Å². The molecule has 17 heavy (non-hydrogen) atoms. The largest absolute Gasteiger partial charge is 0.466 e. The summed E-state index contributed by atoms with van der Waals surface area (Å²) in [6.07, 6.45) is 4.94. The van der Waals surface area contributed by atoms with E-state index >= 15 is 0 Å². The Morgan fingerprint density at radius 3 is 2.94 bits per heavy atom. The van der Waals surface area contributed by atoms with Crippen LogP contribution in [0.25, 0.3) is 17.0 Å². The zero-order valence-corrected chi connectivity index (χ0v) is 9.81. The number of hydrogen-bond donors (Lipinski definition) is 0. The van der Waals surface area contributed by atoms with Crippen LogP contribution in [0.3, 0.4) is 0 Å². The van der Waals surface area contributed by atoms with E-state index in [0.29, 0.717) is 0 Å². The zero-order chi connectivity index (χ0) is 12.3. The van der Waals surface area contributed by atoms with Gasteiger partial charge in [-0.2, -0.15) is 0 Å². The van der Waals surface area contributed by atoms with Gasteiger partial charge in [0.2, 0.25) is 0 Å². The highest BCUT2D eigenvalue weighted by Gasteiger charge is 1.97. The highest BCUT2D eigenvalue weighted by molar-refractivity contribution is 5.88. The second-order valence-corrected chi connectivity index (χ2v) is 3.82. The van der Waals surface area contributed by atoms with Crippen molar-refractivity contribution in [3.63, 3.8) is 0 Å². The minimum Gasteiger partial charge on any atom is -0.466 e. The summed E-state index contributed by atoms with van der Waals surface area (Å²) in [5.74, 6) is -0.359. The van der Waals surface area contributed by atoms with Gasteiger partial charge in [0.1, 0.15) is 0 Å². The Morgan fingerprint density at radius 1 is 1.35 bits per heavy atom. The molecule has 3 nitrogen and oxygen atoms in total. The van der Waals surface area contributed by atoms with E-state index in [1.54, 1.807) is 6.08 Å². The van der Waals surface area contributed by atoms with Crippen molar-refractivity contribution in [2.24, 2.45) is 0 Å². The van der Waals surface area contributed by atoms with Crippen LogP contribution in [0.4, 0.5) is 0 Å². The van der Waals surface area contributed by atoms with E-state index in [4.69, 9.17) is 0 Å². The minimum atomic E-state index is -0.359. The molecular weight excluding hydrogens is 214 g/mol. The molecule has 0 saturated carbocycles. The lowest BCUT2D eigenvalue weighted by atomic mass is 10.1. The molecule has 0 amide bonds. The monoisotopic (exact) mass is 227 g/mol. The van der Waals surface area contributed by atoms with E-state index in [1.165, 1.54) is 13.2 Å². The summed E-state index contributed by atoms with van der Waals surface area (Å²) in [4.78, 5) is 15.3. The topological polar surface area (TPSA) is 39.2 Å². The van der Waals surface area contributed by atoms with Gasteiger partial charge in [-0.15, -0.1) is 0 Å². The number of esters is 1. The van der Waals surface area contributed by atoms with Crippen molar-refractivity contribution in [2.75, 3.05) is 7.11 Å². The Kier molecular flexibility index (Phi) is 3.19. The van der Waals surface area contributed by atoms with Crippen molar-refractivity contribution in [1.29, 1.82) is 0 Å². The molecule has 0 unspecified atom stereocenters. The Labute approximate surface area is 99.7 Å². The highest BCUT2D eigenvalue weighted by atomic mass is 16.5. The fraction of sp³-hybridized carbons (Fsp3) is 0.143. The van der Waals surface area contributed by atoms with Crippen LogP contribution in [0, 0.1) is 6.92 Å². The molecule has 1 heterocycles. The third-order valence-electron chi connectivity index (χ3n) is 2.46. The molecule has 86 valence electrons. The van der Waals surface area contributed by atoms with Gasteiger partial charge in [0.15, 0.2) is 0 Å². The summed E-state index contributed by atoms with van der Waals surface area (Å²) in [6.45, 7) is 2.01. The number of rotatable bonds is 2. The van der Waals surface area contributed by atoms with E-state index < -0.39 is 0 Å². The van der Waals surface area contributed by atoms with Crippen molar-refractivity contribution >= 4 is 22.9 Å². The van der Waals surface area contributed by atoms with Gasteiger partial charge in [-0.1, -0.05) is 12.1 Å². The predicted molar refractivity (Wildman–Crippen MR) is 67.5 cm³/mol. The number of fused-ring (bicyclic) bond motifs is 1. The fourth-order valence-corrected chi connectivity index (χ4v) is 1.58. The highest BCUT2D eigenvalue weighted by Crippen LogP contribution is 2.15. The Bertz CT molecular complexity index is 588. The Balaban J connectivity index is 2.35. The van der Waals surface area contributed by atoms with Gasteiger partial charge >= 0.3 is 5.97 Å². The van der Waals surface area contributed by atoms with Crippen LogP contribution in [0.15, 0.2) is 36.5 Å². The maximum absolute atomic E-state index is 11.0. The van der Waals surface area contributed by atoms with E-state index in [1.807, 2.05) is 31.3 Å². The number of pyridine rings is 1. The molecule has 0 atom stereocenters. The van der Waals surface area contributed by atoms with Crippen molar-refractivity contribution in [3.8, 4) is 0 Å². The maximum atomic E-state index is 11.0. The number of hydrogen-bond acceptors (Lipinski definition) is 3. The molecule has 0 radical (unpaired) electrons. The van der Waals surface area contributed by atoms with Crippen molar-refractivity contribution in [1.82, 2.24) is 4.98 Å². The van der Waals surface area contributed by atoms with Gasteiger partial charge < -0.3 is 4.74 Å². The normalized spacial score (nSPS) is 10.9. The third-order valence-corrected chi connectivity index (χ3v) is 2.46. The first-order valence-electron chi connectivity index (χ1n) is 5.31. The molecular formula is C14H13NO2. The summed E-state index contributed by atoms with van der Waals surface area (Å²) >= 11 is 0. The average molecular weight is 227 g/mol. The van der Waals surface area contributed by atoms with Crippen molar-refractivity contribution in [3.05, 3.63) is 47.7 Å². The summed E-state index contributed by atoms with van der Waals surface area (Å²) < 4.78 is 4.53. The van der Waals surface area contributed by atoms with Crippen molar-refractivity contribution in [2.45, 2.75) is 6.92 Å². The van der Waals surface area contributed by atoms with Crippen LogP contribution >= 0.6 is 0 Å². The molecule has 1 aromatic carbocycles. The molecule has 0 fully saturated rings. The maximum Gasteiger partial charge on any atom is 0.330 e. The molecule has 3 heteroatoms. The predicted octanol–water partition coefficient (Wildman–Crippen LogP) is 2.73. The van der Waals surface area contributed by atoms with E-state index in [9.17, 15) is 4.79 Å². The first-order valence-corrected chi connectivity index (χ1v) is 5.31. The first kappa shape index (κ1) is 11.3. The molecule has 0 spiro atoms. The van der Waals surface area contributed by atoms with Crippen LogP contribution in [-0.2, 0) is 9.53 Å². The number of nitrogens with zero attached hydrogens (tertiary/aromatic N) is 1. The lowest BCUT2D eigenvalue weighted by Gasteiger charge is -2.00.